The smallest absolute Gasteiger partial charge is 0.411 e. The number of thioether (sulfide) groups is 1. The van der Waals surface area contributed by atoms with Crippen molar-refractivity contribution in [3.05, 3.63) is 30.3 Å². The van der Waals surface area contributed by atoms with Crippen molar-refractivity contribution >= 4 is 23.5 Å². The lowest BCUT2D eigenvalue weighted by molar-refractivity contribution is 0.124. The third-order valence-corrected chi connectivity index (χ3v) is 3.31. The molecule has 1 heterocycles. The van der Waals surface area contributed by atoms with Crippen LogP contribution in [0.4, 0.5) is 10.5 Å². The van der Waals surface area contributed by atoms with Crippen molar-refractivity contribution in [1.29, 1.82) is 0 Å². The number of amides is 1. The molecule has 1 fully saturated rings. The Labute approximate surface area is 93.2 Å². The Morgan fingerprint density at radius 3 is 2.87 bits per heavy atom. The summed E-state index contributed by atoms with van der Waals surface area (Å²) in [5, 5.41) is 2.70. The van der Waals surface area contributed by atoms with Gasteiger partial charge in [0.1, 0.15) is 6.10 Å². The minimum atomic E-state index is -0.353. The first-order chi connectivity index (χ1) is 7.34. The van der Waals surface area contributed by atoms with E-state index >= 15 is 0 Å². The summed E-state index contributed by atoms with van der Waals surface area (Å²) in [7, 11) is 0. The number of carbonyl (C=O) groups is 1. The van der Waals surface area contributed by atoms with E-state index in [1.807, 2.05) is 42.1 Å². The summed E-state index contributed by atoms with van der Waals surface area (Å²) < 4.78 is 5.24. The molecule has 0 aliphatic carbocycles. The molecule has 1 unspecified atom stereocenters. The molecule has 3 nitrogen and oxygen atoms in total. The van der Waals surface area contributed by atoms with Crippen molar-refractivity contribution in [2.45, 2.75) is 12.5 Å². The summed E-state index contributed by atoms with van der Waals surface area (Å²) >= 11 is 1.83. The Hall–Kier alpha value is -1.16. The third-order valence-electron chi connectivity index (χ3n) is 2.18. The van der Waals surface area contributed by atoms with Crippen molar-refractivity contribution in [3.8, 4) is 0 Å². The fraction of sp³-hybridized carbons (Fsp3) is 0.364. The molecular formula is C11H13NO2S. The van der Waals surface area contributed by atoms with Gasteiger partial charge in [0, 0.05) is 11.4 Å². The molecule has 0 saturated carbocycles. The largest absolute Gasteiger partial charge is 0.445 e. The van der Waals surface area contributed by atoms with E-state index in [1.54, 1.807) is 0 Å². The summed E-state index contributed by atoms with van der Waals surface area (Å²) in [6.07, 6.45) is 0.694. The summed E-state index contributed by atoms with van der Waals surface area (Å²) in [5.41, 5.74) is 0.771. The highest BCUT2D eigenvalue weighted by Gasteiger charge is 2.19. The average Bonchev–Trinajstić information content (AvgIpc) is 2.71. The third kappa shape index (κ3) is 3.16. The average molecular weight is 223 g/mol. The number of para-hydroxylation sites is 1. The number of rotatable bonds is 2. The number of ether oxygens (including phenoxy) is 1. The number of carbonyl (C=O) groups excluding carboxylic acids is 1. The van der Waals surface area contributed by atoms with Crippen molar-refractivity contribution in [1.82, 2.24) is 0 Å². The van der Waals surface area contributed by atoms with Crippen molar-refractivity contribution in [2.75, 3.05) is 16.8 Å². The van der Waals surface area contributed by atoms with Gasteiger partial charge in [-0.2, -0.15) is 11.8 Å². The van der Waals surface area contributed by atoms with Crippen molar-refractivity contribution in [3.63, 3.8) is 0 Å². The molecule has 15 heavy (non-hydrogen) atoms. The summed E-state index contributed by atoms with van der Waals surface area (Å²) in [6.45, 7) is 0. The van der Waals surface area contributed by atoms with Crippen LogP contribution in [-0.4, -0.2) is 23.7 Å². The van der Waals surface area contributed by atoms with Crippen LogP contribution in [0.5, 0.6) is 0 Å². The van der Waals surface area contributed by atoms with Crippen molar-refractivity contribution < 1.29 is 9.53 Å². The summed E-state index contributed by atoms with van der Waals surface area (Å²) in [4.78, 5) is 11.4. The molecule has 1 saturated heterocycles. The molecule has 2 rings (SSSR count). The fourth-order valence-electron chi connectivity index (χ4n) is 1.43. The topological polar surface area (TPSA) is 38.3 Å². The highest BCUT2D eigenvalue weighted by atomic mass is 32.2. The Morgan fingerprint density at radius 2 is 2.20 bits per heavy atom. The quantitative estimate of drug-likeness (QED) is 0.837. The molecule has 0 spiro atoms. The highest BCUT2D eigenvalue weighted by molar-refractivity contribution is 7.99. The van der Waals surface area contributed by atoms with Crippen LogP contribution in [0.3, 0.4) is 0 Å². The van der Waals surface area contributed by atoms with Gasteiger partial charge in [0.2, 0.25) is 0 Å². The minimum absolute atomic E-state index is 0.0821. The van der Waals surface area contributed by atoms with E-state index in [2.05, 4.69) is 5.32 Å². The summed E-state index contributed by atoms with van der Waals surface area (Å²) in [6, 6.07) is 9.33. The Kier molecular flexibility index (Phi) is 3.50. The lowest BCUT2D eigenvalue weighted by Crippen LogP contribution is -2.21. The molecule has 1 aliphatic heterocycles. The van der Waals surface area contributed by atoms with Gasteiger partial charge in [0.15, 0.2) is 0 Å². The van der Waals surface area contributed by atoms with E-state index in [0.717, 1.165) is 23.6 Å². The maximum Gasteiger partial charge on any atom is 0.411 e. The molecule has 1 aromatic carbocycles. The number of anilines is 1. The zero-order valence-electron chi connectivity index (χ0n) is 8.31. The van der Waals surface area contributed by atoms with Crippen LogP contribution < -0.4 is 5.32 Å². The zero-order valence-corrected chi connectivity index (χ0v) is 9.13. The first-order valence-corrected chi connectivity index (χ1v) is 6.10. The molecule has 1 aliphatic rings. The number of hydrogen-bond acceptors (Lipinski definition) is 3. The monoisotopic (exact) mass is 223 g/mol. The Morgan fingerprint density at radius 1 is 1.40 bits per heavy atom. The van der Waals surface area contributed by atoms with Gasteiger partial charge in [0.25, 0.3) is 0 Å². The van der Waals surface area contributed by atoms with E-state index in [-0.39, 0.29) is 12.2 Å². The maximum absolute atomic E-state index is 11.4. The molecule has 0 aromatic heterocycles. The van der Waals surface area contributed by atoms with Gasteiger partial charge in [0.05, 0.1) is 0 Å². The Bertz CT molecular complexity index is 323. The second-order valence-corrected chi connectivity index (χ2v) is 4.53. The molecular weight excluding hydrogens is 210 g/mol. The first kappa shape index (κ1) is 10.4. The van der Waals surface area contributed by atoms with Gasteiger partial charge in [-0.05, 0) is 24.3 Å². The molecule has 1 amide bonds. The van der Waals surface area contributed by atoms with Gasteiger partial charge < -0.3 is 4.74 Å². The van der Waals surface area contributed by atoms with Crippen LogP contribution >= 0.6 is 11.8 Å². The zero-order chi connectivity index (χ0) is 10.5. The Balaban J connectivity index is 1.82. The second kappa shape index (κ2) is 5.07. The highest BCUT2D eigenvalue weighted by Crippen LogP contribution is 2.20. The van der Waals surface area contributed by atoms with E-state index < -0.39 is 0 Å². The normalized spacial score (nSPS) is 19.9. The van der Waals surface area contributed by atoms with Crippen LogP contribution in [0.2, 0.25) is 0 Å². The number of hydrogen-bond donors (Lipinski definition) is 1. The molecule has 4 heteroatoms. The molecule has 0 bridgehead atoms. The predicted octanol–water partition coefficient (Wildman–Crippen LogP) is 2.74. The minimum Gasteiger partial charge on any atom is -0.445 e. The van der Waals surface area contributed by atoms with Crippen LogP contribution in [0, 0.1) is 0 Å². The predicted molar refractivity (Wildman–Crippen MR) is 62.3 cm³/mol. The fourth-order valence-corrected chi connectivity index (χ4v) is 2.52. The van der Waals surface area contributed by atoms with E-state index in [9.17, 15) is 4.79 Å². The number of benzene rings is 1. The lowest BCUT2D eigenvalue weighted by atomic mass is 10.3. The van der Waals surface area contributed by atoms with Crippen LogP contribution in [0.25, 0.3) is 0 Å². The SMILES string of the molecule is O=C(Nc1ccccc1)OC1CCSC1. The van der Waals surface area contributed by atoms with Gasteiger partial charge in [-0.1, -0.05) is 18.2 Å². The van der Waals surface area contributed by atoms with Crippen molar-refractivity contribution in [2.24, 2.45) is 0 Å². The molecule has 1 atom stereocenters. The lowest BCUT2D eigenvalue weighted by Gasteiger charge is -2.11. The van der Waals surface area contributed by atoms with Crippen LogP contribution in [0.15, 0.2) is 30.3 Å². The van der Waals surface area contributed by atoms with E-state index in [1.165, 1.54) is 0 Å². The molecule has 1 N–H and O–H groups in total. The molecule has 1 aromatic rings. The molecule has 0 radical (unpaired) electrons. The van der Waals surface area contributed by atoms with Gasteiger partial charge in [-0.25, -0.2) is 4.79 Å². The van der Waals surface area contributed by atoms with Gasteiger partial charge >= 0.3 is 6.09 Å². The van der Waals surface area contributed by atoms with Crippen LogP contribution in [0.1, 0.15) is 6.42 Å². The van der Waals surface area contributed by atoms with Gasteiger partial charge in [-0.3, -0.25) is 5.32 Å². The molecule has 80 valence electrons. The standard InChI is InChI=1S/C11H13NO2S/c13-11(14-10-6-7-15-8-10)12-9-4-2-1-3-5-9/h1-5,10H,6-8H2,(H,12,13). The van der Waals surface area contributed by atoms with E-state index in [4.69, 9.17) is 4.74 Å². The first-order valence-electron chi connectivity index (χ1n) is 4.95. The van der Waals surface area contributed by atoms with E-state index in [0.29, 0.717) is 0 Å². The second-order valence-electron chi connectivity index (χ2n) is 3.38. The summed E-state index contributed by atoms with van der Waals surface area (Å²) in [5.74, 6) is 2.01. The van der Waals surface area contributed by atoms with Crippen LogP contribution in [-0.2, 0) is 4.74 Å². The van der Waals surface area contributed by atoms with Gasteiger partial charge in [-0.15, -0.1) is 0 Å². The maximum atomic E-state index is 11.4. The number of nitrogens with one attached hydrogen (secondary N) is 1.